The van der Waals surface area contributed by atoms with Crippen LogP contribution in [0.4, 0.5) is 4.79 Å². The number of aryl methyl sites for hydroxylation is 1. The van der Waals surface area contributed by atoms with E-state index in [2.05, 4.69) is 5.32 Å². The number of benzene rings is 1. The summed E-state index contributed by atoms with van der Waals surface area (Å²) in [5.41, 5.74) is 1.51. The molecule has 1 fully saturated rings. The average Bonchev–Trinajstić information content (AvgIpc) is 2.64. The molecule has 2 rings (SSSR count). The zero-order valence-corrected chi connectivity index (χ0v) is 13.7. The van der Waals surface area contributed by atoms with E-state index in [4.69, 9.17) is 14.4 Å². The number of hydrogen-bond donors (Lipinski definition) is 2. The zero-order valence-electron chi connectivity index (χ0n) is 13.7. The van der Waals surface area contributed by atoms with Crippen LogP contribution in [0.5, 0.6) is 0 Å². The van der Waals surface area contributed by atoms with E-state index in [-0.39, 0.29) is 18.3 Å². The Balaban J connectivity index is 1.91. The van der Waals surface area contributed by atoms with Crippen molar-refractivity contribution in [1.82, 2.24) is 5.32 Å². The molecule has 6 heteroatoms. The van der Waals surface area contributed by atoms with Crippen molar-refractivity contribution in [3.63, 3.8) is 0 Å². The lowest BCUT2D eigenvalue weighted by molar-refractivity contribution is 0.00578. The summed E-state index contributed by atoms with van der Waals surface area (Å²) in [7, 11) is -0.340. The minimum absolute atomic E-state index is 0.334. The molecule has 1 saturated heterocycles. The van der Waals surface area contributed by atoms with E-state index in [1.54, 1.807) is 0 Å². The van der Waals surface area contributed by atoms with Gasteiger partial charge in [0.15, 0.2) is 0 Å². The summed E-state index contributed by atoms with van der Waals surface area (Å²) in [6, 6.07) is 8.12. The van der Waals surface area contributed by atoms with Crippen molar-refractivity contribution in [2.75, 3.05) is 6.54 Å². The first-order valence-electron chi connectivity index (χ1n) is 7.62. The third kappa shape index (κ3) is 3.81. The fraction of sp³-hybridized carbons (Fsp3) is 0.562. The summed E-state index contributed by atoms with van der Waals surface area (Å²) in [5.74, 6) is 0. The highest BCUT2D eigenvalue weighted by atomic mass is 16.7. The van der Waals surface area contributed by atoms with Crippen LogP contribution in [0.1, 0.15) is 39.7 Å². The molecule has 0 aromatic heterocycles. The van der Waals surface area contributed by atoms with E-state index in [0.717, 1.165) is 18.3 Å². The van der Waals surface area contributed by atoms with Gasteiger partial charge in [-0.3, -0.25) is 0 Å². The maximum atomic E-state index is 10.4. The van der Waals surface area contributed by atoms with Crippen molar-refractivity contribution in [3.05, 3.63) is 29.8 Å². The molecule has 0 atom stereocenters. The minimum Gasteiger partial charge on any atom is -0.465 e. The summed E-state index contributed by atoms with van der Waals surface area (Å²) in [5, 5.41) is 10.9. The van der Waals surface area contributed by atoms with E-state index < -0.39 is 6.09 Å². The first kappa shape index (κ1) is 16.8. The molecule has 1 aliphatic rings. The Hall–Kier alpha value is -1.53. The van der Waals surface area contributed by atoms with Gasteiger partial charge in [0.1, 0.15) is 0 Å². The van der Waals surface area contributed by atoms with Crippen LogP contribution in [0.15, 0.2) is 24.3 Å². The van der Waals surface area contributed by atoms with Crippen LogP contribution in [0, 0.1) is 0 Å². The Morgan fingerprint density at radius 1 is 1.14 bits per heavy atom. The van der Waals surface area contributed by atoms with E-state index in [9.17, 15) is 4.79 Å². The second-order valence-corrected chi connectivity index (χ2v) is 6.67. The molecule has 1 aromatic rings. The first-order chi connectivity index (χ1) is 10.2. The normalized spacial score (nSPS) is 19.2. The molecule has 1 heterocycles. The second kappa shape index (κ2) is 6.30. The fourth-order valence-corrected chi connectivity index (χ4v) is 2.31. The predicted molar refractivity (Wildman–Crippen MR) is 86.5 cm³/mol. The van der Waals surface area contributed by atoms with Crippen molar-refractivity contribution in [3.8, 4) is 0 Å². The molecule has 0 saturated carbocycles. The highest BCUT2D eigenvalue weighted by molar-refractivity contribution is 6.62. The molecule has 5 nitrogen and oxygen atoms in total. The van der Waals surface area contributed by atoms with E-state index >= 15 is 0 Å². The standard InChI is InChI=1S/C16H24BNO4/c1-15(2)16(3,4)22-17(21-15)13-9-7-12(8-10-13)6-5-11-18-14(19)20/h7-10,18H,5-6,11H2,1-4H3,(H,19,20). The number of hydrogen-bond acceptors (Lipinski definition) is 3. The third-order valence-corrected chi connectivity index (χ3v) is 4.42. The molecular formula is C16H24BNO4. The summed E-state index contributed by atoms with van der Waals surface area (Å²) >= 11 is 0. The first-order valence-corrected chi connectivity index (χ1v) is 7.62. The van der Waals surface area contributed by atoms with Crippen LogP contribution < -0.4 is 10.8 Å². The Morgan fingerprint density at radius 2 is 1.68 bits per heavy atom. The molecule has 120 valence electrons. The van der Waals surface area contributed by atoms with Crippen molar-refractivity contribution < 1.29 is 19.2 Å². The number of nitrogens with one attached hydrogen (secondary N) is 1. The molecule has 22 heavy (non-hydrogen) atoms. The average molecular weight is 305 g/mol. The Labute approximate surface area is 132 Å². The van der Waals surface area contributed by atoms with Crippen molar-refractivity contribution >= 4 is 18.7 Å². The monoisotopic (exact) mass is 305 g/mol. The maximum Gasteiger partial charge on any atom is 0.494 e. The summed E-state index contributed by atoms with van der Waals surface area (Å²) < 4.78 is 12.0. The van der Waals surface area contributed by atoms with Crippen LogP contribution in [-0.2, 0) is 15.7 Å². The van der Waals surface area contributed by atoms with Gasteiger partial charge < -0.3 is 19.7 Å². The maximum absolute atomic E-state index is 10.4. The van der Waals surface area contributed by atoms with E-state index in [1.807, 2.05) is 52.0 Å². The van der Waals surface area contributed by atoms with Crippen molar-refractivity contribution in [2.24, 2.45) is 0 Å². The number of carboxylic acid groups (broad SMARTS) is 1. The Morgan fingerprint density at radius 3 is 2.18 bits per heavy atom. The van der Waals surface area contributed by atoms with Gasteiger partial charge in [-0.15, -0.1) is 0 Å². The van der Waals surface area contributed by atoms with Gasteiger partial charge in [0, 0.05) is 6.54 Å². The summed E-state index contributed by atoms with van der Waals surface area (Å²) in [6.07, 6.45) is 0.641. The van der Waals surface area contributed by atoms with Crippen LogP contribution >= 0.6 is 0 Å². The van der Waals surface area contributed by atoms with Gasteiger partial charge in [-0.05, 0) is 51.6 Å². The highest BCUT2D eigenvalue weighted by Gasteiger charge is 2.51. The topological polar surface area (TPSA) is 67.8 Å². The Bertz CT molecular complexity index is 511. The largest absolute Gasteiger partial charge is 0.494 e. The van der Waals surface area contributed by atoms with Crippen LogP contribution in [0.2, 0.25) is 0 Å². The van der Waals surface area contributed by atoms with Gasteiger partial charge in [-0.2, -0.15) is 0 Å². The lowest BCUT2D eigenvalue weighted by atomic mass is 9.78. The Kier molecular flexibility index (Phi) is 4.82. The van der Waals surface area contributed by atoms with Gasteiger partial charge in [-0.25, -0.2) is 4.79 Å². The van der Waals surface area contributed by atoms with Gasteiger partial charge >= 0.3 is 13.2 Å². The highest BCUT2D eigenvalue weighted by Crippen LogP contribution is 2.36. The lowest BCUT2D eigenvalue weighted by Crippen LogP contribution is -2.41. The smallest absolute Gasteiger partial charge is 0.465 e. The third-order valence-electron chi connectivity index (χ3n) is 4.42. The molecule has 0 aliphatic carbocycles. The van der Waals surface area contributed by atoms with Crippen LogP contribution in [0.3, 0.4) is 0 Å². The van der Waals surface area contributed by atoms with Crippen molar-refractivity contribution in [1.29, 1.82) is 0 Å². The molecule has 0 bridgehead atoms. The molecule has 0 unspecified atom stereocenters. The molecule has 1 aliphatic heterocycles. The molecule has 2 N–H and O–H groups in total. The number of carbonyl (C=O) groups is 1. The lowest BCUT2D eigenvalue weighted by Gasteiger charge is -2.32. The summed E-state index contributed by atoms with van der Waals surface area (Å²) in [4.78, 5) is 10.4. The number of rotatable bonds is 5. The fourth-order valence-electron chi connectivity index (χ4n) is 2.31. The predicted octanol–water partition coefficient (Wildman–Crippen LogP) is 2.19. The molecule has 1 amide bonds. The van der Waals surface area contributed by atoms with Gasteiger partial charge in [0.2, 0.25) is 0 Å². The molecular weight excluding hydrogens is 281 g/mol. The minimum atomic E-state index is -0.976. The van der Waals surface area contributed by atoms with Gasteiger partial charge in [0.25, 0.3) is 0 Å². The van der Waals surface area contributed by atoms with Crippen molar-refractivity contribution in [2.45, 2.75) is 51.7 Å². The SMILES string of the molecule is CC1(C)OB(c2ccc(CCCNC(=O)O)cc2)OC1(C)C. The summed E-state index contributed by atoms with van der Waals surface area (Å²) in [6.45, 7) is 8.62. The molecule has 1 aromatic carbocycles. The molecule has 0 spiro atoms. The van der Waals surface area contributed by atoms with Crippen LogP contribution in [0.25, 0.3) is 0 Å². The van der Waals surface area contributed by atoms with Crippen LogP contribution in [-0.4, -0.2) is 36.1 Å². The zero-order chi connectivity index (χ0) is 16.4. The molecule has 0 radical (unpaired) electrons. The van der Waals surface area contributed by atoms with E-state index in [0.29, 0.717) is 6.54 Å². The second-order valence-electron chi connectivity index (χ2n) is 6.67. The van der Waals surface area contributed by atoms with Gasteiger partial charge in [-0.1, -0.05) is 24.3 Å². The quantitative estimate of drug-likeness (QED) is 0.646. The number of amides is 1. The van der Waals surface area contributed by atoms with E-state index in [1.165, 1.54) is 5.56 Å². The van der Waals surface area contributed by atoms with Gasteiger partial charge in [0.05, 0.1) is 11.2 Å².